The molecule has 1 amide bonds. The Balaban J connectivity index is 2.10. The van der Waals surface area contributed by atoms with Gasteiger partial charge in [0.25, 0.3) is 5.91 Å². The van der Waals surface area contributed by atoms with E-state index in [1.807, 2.05) is 0 Å². The minimum absolute atomic E-state index is 0.0522. The molecule has 6 nitrogen and oxygen atoms in total. The molecule has 7 heteroatoms. The molecule has 0 aliphatic heterocycles. The van der Waals surface area contributed by atoms with E-state index in [0.717, 1.165) is 0 Å². The molecule has 0 radical (unpaired) electrons. The van der Waals surface area contributed by atoms with Crippen molar-refractivity contribution < 1.29 is 13.6 Å². The lowest BCUT2D eigenvalue weighted by Crippen LogP contribution is -2.25. The number of nitrogen functional groups attached to an aromatic ring is 1. The molecule has 0 spiro atoms. The standard InChI is InChI=1S/C12H13FN4O2/c1-7-5-15-10(19-7)6-16-12(18)8-3-2-4-9(13)11(8)17-14/h2-5,17H,6,14H2,1H3,(H,16,18). The van der Waals surface area contributed by atoms with Gasteiger partial charge in [0, 0.05) is 0 Å². The lowest BCUT2D eigenvalue weighted by Gasteiger charge is -2.09. The Bertz CT molecular complexity index is 597. The number of hydrazine groups is 1. The number of oxazole rings is 1. The molecule has 0 aliphatic carbocycles. The Labute approximate surface area is 108 Å². The summed E-state index contributed by atoms with van der Waals surface area (Å²) in [4.78, 5) is 15.9. The molecule has 1 heterocycles. The van der Waals surface area contributed by atoms with Crippen LogP contribution in [0.1, 0.15) is 22.0 Å². The van der Waals surface area contributed by atoms with E-state index in [1.165, 1.54) is 18.2 Å². The van der Waals surface area contributed by atoms with Gasteiger partial charge in [-0.15, -0.1) is 0 Å². The smallest absolute Gasteiger partial charge is 0.253 e. The highest BCUT2D eigenvalue weighted by Crippen LogP contribution is 2.18. The number of nitrogens with one attached hydrogen (secondary N) is 2. The van der Waals surface area contributed by atoms with Gasteiger partial charge in [0.2, 0.25) is 5.89 Å². The van der Waals surface area contributed by atoms with Crippen molar-refractivity contribution >= 4 is 11.6 Å². The molecule has 0 aliphatic rings. The van der Waals surface area contributed by atoms with Crippen molar-refractivity contribution in [2.45, 2.75) is 13.5 Å². The summed E-state index contributed by atoms with van der Waals surface area (Å²) in [5.74, 6) is 5.17. The maximum Gasteiger partial charge on any atom is 0.253 e. The van der Waals surface area contributed by atoms with Gasteiger partial charge >= 0.3 is 0 Å². The first-order valence-electron chi connectivity index (χ1n) is 5.56. The van der Waals surface area contributed by atoms with Gasteiger partial charge in [-0.2, -0.15) is 0 Å². The van der Waals surface area contributed by atoms with Crippen molar-refractivity contribution in [1.29, 1.82) is 0 Å². The molecular weight excluding hydrogens is 251 g/mol. The van der Waals surface area contributed by atoms with E-state index in [4.69, 9.17) is 10.3 Å². The lowest BCUT2D eigenvalue weighted by atomic mass is 10.1. The number of para-hydroxylation sites is 1. The van der Waals surface area contributed by atoms with E-state index in [0.29, 0.717) is 11.7 Å². The minimum Gasteiger partial charge on any atom is -0.444 e. The first kappa shape index (κ1) is 13.0. The zero-order chi connectivity index (χ0) is 13.8. The Morgan fingerprint density at radius 3 is 2.95 bits per heavy atom. The average Bonchev–Trinajstić information content (AvgIpc) is 2.81. The predicted octanol–water partition coefficient (Wildman–Crippen LogP) is 1.34. The average molecular weight is 264 g/mol. The molecule has 4 N–H and O–H groups in total. The van der Waals surface area contributed by atoms with Crippen LogP contribution in [0.15, 0.2) is 28.8 Å². The number of aromatic nitrogens is 1. The number of nitrogens with two attached hydrogens (primary N) is 1. The summed E-state index contributed by atoms with van der Waals surface area (Å²) in [5.41, 5.74) is 2.24. The van der Waals surface area contributed by atoms with Crippen LogP contribution < -0.4 is 16.6 Å². The Hall–Kier alpha value is -2.41. The first-order chi connectivity index (χ1) is 9.11. The van der Waals surface area contributed by atoms with Gasteiger partial charge in [0.15, 0.2) is 0 Å². The minimum atomic E-state index is -0.595. The maximum absolute atomic E-state index is 13.4. The van der Waals surface area contributed by atoms with Crippen molar-refractivity contribution in [2.75, 3.05) is 5.43 Å². The largest absolute Gasteiger partial charge is 0.444 e. The molecule has 0 bridgehead atoms. The summed E-state index contributed by atoms with van der Waals surface area (Å²) in [6, 6.07) is 4.11. The molecule has 0 saturated carbocycles. The van der Waals surface area contributed by atoms with Crippen LogP contribution in [-0.4, -0.2) is 10.9 Å². The lowest BCUT2D eigenvalue weighted by molar-refractivity contribution is 0.0947. The van der Waals surface area contributed by atoms with Crippen LogP contribution in [0.2, 0.25) is 0 Å². The highest BCUT2D eigenvalue weighted by Gasteiger charge is 2.14. The Morgan fingerprint density at radius 1 is 1.53 bits per heavy atom. The fraction of sp³-hybridized carbons (Fsp3) is 0.167. The first-order valence-corrected chi connectivity index (χ1v) is 5.56. The maximum atomic E-state index is 13.4. The van der Waals surface area contributed by atoms with E-state index >= 15 is 0 Å². The summed E-state index contributed by atoms with van der Waals surface area (Å²) in [6.45, 7) is 1.87. The quantitative estimate of drug-likeness (QED) is 0.572. The zero-order valence-corrected chi connectivity index (χ0v) is 10.2. The topological polar surface area (TPSA) is 93.2 Å². The third kappa shape index (κ3) is 2.89. The normalized spacial score (nSPS) is 10.3. The van der Waals surface area contributed by atoms with Gasteiger partial charge in [-0.05, 0) is 19.1 Å². The summed E-state index contributed by atoms with van der Waals surface area (Å²) >= 11 is 0. The number of carbonyl (C=O) groups is 1. The number of halogens is 1. The van der Waals surface area contributed by atoms with Crippen LogP contribution in [0, 0.1) is 12.7 Å². The summed E-state index contributed by atoms with van der Waals surface area (Å²) in [7, 11) is 0. The monoisotopic (exact) mass is 264 g/mol. The third-order valence-electron chi connectivity index (χ3n) is 2.47. The number of rotatable bonds is 4. The van der Waals surface area contributed by atoms with Crippen molar-refractivity contribution in [3.05, 3.63) is 47.4 Å². The van der Waals surface area contributed by atoms with Gasteiger partial charge < -0.3 is 15.2 Å². The number of anilines is 1. The Kier molecular flexibility index (Phi) is 3.76. The summed E-state index contributed by atoms with van der Waals surface area (Å²) in [5, 5.41) is 2.57. The molecule has 2 rings (SSSR count). The van der Waals surface area contributed by atoms with Gasteiger partial charge in [0.05, 0.1) is 24.0 Å². The Morgan fingerprint density at radius 2 is 2.32 bits per heavy atom. The van der Waals surface area contributed by atoms with E-state index in [9.17, 15) is 9.18 Å². The second-order valence-electron chi connectivity index (χ2n) is 3.85. The molecule has 1 aromatic heterocycles. The van der Waals surface area contributed by atoms with E-state index in [-0.39, 0.29) is 17.8 Å². The van der Waals surface area contributed by atoms with Gasteiger partial charge in [-0.25, -0.2) is 9.37 Å². The second-order valence-corrected chi connectivity index (χ2v) is 3.85. The number of aryl methyl sites for hydroxylation is 1. The number of hydrogen-bond donors (Lipinski definition) is 3. The number of carbonyl (C=O) groups excluding carboxylic acids is 1. The highest BCUT2D eigenvalue weighted by molar-refractivity contribution is 5.99. The summed E-state index contributed by atoms with van der Waals surface area (Å²) in [6.07, 6.45) is 1.55. The number of benzene rings is 1. The number of amides is 1. The SMILES string of the molecule is Cc1cnc(CNC(=O)c2cccc(F)c2NN)o1. The van der Waals surface area contributed by atoms with Crippen LogP contribution in [-0.2, 0) is 6.54 Å². The highest BCUT2D eigenvalue weighted by atomic mass is 19.1. The zero-order valence-electron chi connectivity index (χ0n) is 10.2. The molecule has 2 aromatic rings. The molecule has 0 saturated heterocycles. The molecule has 0 unspecified atom stereocenters. The molecule has 0 atom stereocenters. The molecule has 0 fully saturated rings. The number of hydrogen-bond acceptors (Lipinski definition) is 5. The molecule has 100 valence electrons. The number of nitrogens with zero attached hydrogens (tertiary/aromatic N) is 1. The van der Waals surface area contributed by atoms with Gasteiger partial charge in [-0.3, -0.25) is 10.6 Å². The third-order valence-corrected chi connectivity index (χ3v) is 2.47. The predicted molar refractivity (Wildman–Crippen MR) is 66.6 cm³/mol. The van der Waals surface area contributed by atoms with Gasteiger partial charge in [-0.1, -0.05) is 6.07 Å². The van der Waals surface area contributed by atoms with Crippen molar-refractivity contribution in [2.24, 2.45) is 5.84 Å². The van der Waals surface area contributed by atoms with Crippen LogP contribution in [0.4, 0.5) is 10.1 Å². The van der Waals surface area contributed by atoms with Crippen LogP contribution in [0.5, 0.6) is 0 Å². The van der Waals surface area contributed by atoms with Gasteiger partial charge in [0.1, 0.15) is 11.6 Å². The van der Waals surface area contributed by atoms with E-state index in [1.54, 1.807) is 13.1 Å². The molecular formula is C12H13FN4O2. The van der Waals surface area contributed by atoms with Crippen molar-refractivity contribution in [3.63, 3.8) is 0 Å². The van der Waals surface area contributed by atoms with Crippen molar-refractivity contribution in [3.8, 4) is 0 Å². The fourth-order valence-corrected chi connectivity index (χ4v) is 1.59. The summed E-state index contributed by atoms with van der Waals surface area (Å²) < 4.78 is 18.6. The van der Waals surface area contributed by atoms with Crippen LogP contribution in [0.25, 0.3) is 0 Å². The van der Waals surface area contributed by atoms with E-state index in [2.05, 4.69) is 15.7 Å². The van der Waals surface area contributed by atoms with Crippen LogP contribution >= 0.6 is 0 Å². The molecule has 19 heavy (non-hydrogen) atoms. The van der Waals surface area contributed by atoms with E-state index < -0.39 is 11.7 Å². The fourth-order valence-electron chi connectivity index (χ4n) is 1.59. The van der Waals surface area contributed by atoms with Crippen LogP contribution in [0.3, 0.4) is 0 Å². The van der Waals surface area contributed by atoms with Crippen molar-refractivity contribution in [1.82, 2.24) is 10.3 Å². The molecule has 1 aromatic carbocycles. The second kappa shape index (κ2) is 5.49.